The van der Waals surface area contributed by atoms with E-state index in [4.69, 9.17) is 9.84 Å². The highest BCUT2D eigenvalue weighted by Crippen LogP contribution is 2.46. The van der Waals surface area contributed by atoms with Crippen molar-refractivity contribution < 1.29 is 46.8 Å². The van der Waals surface area contributed by atoms with E-state index in [1.54, 1.807) is 18.2 Å². The second-order valence-electron chi connectivity index (χ2n) is 8.38. The maximum absolute atomic E-state index is 12.5. The Labute approximate surface area is 215 Å². The van der Waals surface area contributed by atoms with E-state index in [0.717, 1.165) is 17.1 Å². The molecule has 2 aromatic rings. The van der Waals surface area contributed by atoms with Gasteiger partial charge in [-0.1, -0.05) is 12.1 Å². The Bertz CT molecular complexity index is 1480. The van der Waals surface area contributed by atoms with Crippen molar-refractivity contribution in [3.8, 4) is 11.1 Å². The number of anilines is 1. The Hall–Kier alpha value is -4.56. The van der Waals surface area contributed by atoms with Crippen LogP contribution in [0.4, 0.5) is 10.5 Å². The molecule has 1 unspecified atom stereocenters. The summed E-state index contributed by atoms with van der Waals surface area (Å²) in [5.41, 5.74) is 2.64. The Morgan fingerprint density at radius 1 is 0.974 bits per heavy atom. The fourth-order valence-corrected chi connectivity index (χ4v) is 4.72. The van der Waals surface area contributed by atoms with Gasteiger partial charge in [0, 0.05) is 36.7 Å². The van der Waals surface area contributed by atoms with Crippen molar-refractivity contribution in [2.24, 2.45) is 0 Å². The number of rotatable bonds is 9. The third kappa shape index (κ3) is 5.71. The first kappa shape index (κ1) is 26.5. The van der Waals surface area contributed by atoms with Crippen LogP contribution in [0.5, 0.6) is 0 Å². The van der Waals surface area contributed by atoms with E-state index in [-0.39, 0.29) is 24.5 Å². The number of nitrogens with zero attached hydrogens (tertiary/aromatic N) is 1. The zero-order chi connectivity index (χ0) is 27.6. The number of aliphatic carboxylic acids is 1. The molecular formula is C24H21N3O10S. The van der Waals surface area contributed by atoms with Crippen LogP contribution in [0.25, 0.3) is 11.1 Å². The van der Waals surface area contributed by atoms with Gasteiger partial charge in [0.05, 0.1) is 4.90 Å². The average Bonchev–Trinajstić information content (AvgIpc) is 3.34. The molecule has 1 aliphatic carbocycles. The molecule has 0 saturated carbocycles. The minimum absolute atomic E-state index is 0.104. The number of amides is 4. The van der Waals surface area contributed by atoms with Crippen LogP contribution < -0.4 is 10.6 Å². The van der Waals surface area contributed by atoms with Gasteiger partial charge < -0.3 is 20.5 Å². The predicted molar refractivity (Wildman–Crippen MR) is 130 cm³/mol. The molecule has 0 fully saturated rings. The highest BCUT2D eigenvalue weighted by molar-refractivity contribution is 7.85. The lowest BCUT2D eigenvalue weighted by Crippen LogP contribution is -2.33. The van der Waals surface area contributed by atoms with Crippen molar-refractivity contribution in [1.82, 2.24) is 10.2 Å². The molecule has 1 heterocycles. The number of carboxylic acid groups (broad SMARTS) is 1. The predicted octanol–water partition coefficient (Wildman–Crippen LogP) is 1.11. The zero-order valence-corrected chi connectivity index (χ0v) is 20.4. The van der Waals surface area contributed by atoms with Crippen LogP contribution in [-0.4, -0.2) is 72.5 Å². The van der Waals surface area contributed by atoms with Crippen LogP contribution in [0.2, 0.25) is 0 Å². The van der Waals surface area contributed by atoms with Gasteiger partial charge in [-0.3, -0.25) is 28.6 Å². The number of benzene rings is 2. The van der Waals surface area contributed by atoms with E-state index < -0.39 is 52.4 Å². The van der Waals surface area contributed by atoms with Crippen molar-refractivity contribution in [3.05, 3.63) is 59.7 Å². The van der Waals surface area contributed by atoms with E-state index in [0.29, 0.717) is 27.9 Å². The van der Waals surface area contributed by atoms with E-state index in [1.165, 1.54) is 18.2 Å². The molecule has 0 radical (unpaired) electrons. The second kappa shape index (κ2) is 10.4. The molecule has 2 aliphatic rings. The first-order chi connectivity index (χ1) is 17.9. The van der Waals surface area contributed by atoms with Gasteiger partial charge in [0.1, 0.15) is 13.2 Å². The van der Waals surface area contributed by atoms with Gasteiger partial charge >= 0.3 is 12.1 Å². The number of carboxylic acids is 1. The van der Waals surface area contributed by atoms with Crippen molar-refractivity contribution in [2.45, 2.75) is 17.2 Å². The lowest BCUT2D eigenvalue weighted by atomic mass is 9.97. The molecule has 0 bridgehead atoms. The molecule has 38 heavy (non-hydrogen) atoms. The number of imide groups is 1. The Balaban J connectivity index is 1.55. The third-order valence-electron chi connectivity index (χ3n) is 5.93. The Morgan fingerprint density at radius 3 is 2.24 bits per heavy atom. The number of carbonyl (C=O) groups excluding carboxylic acids is 4. The normalized spacial score (nSPS) is 15.7. The molecule has 0 saturated heterocycles. The largest absolute Gasteiger partial charge is 0.480 e. The Kier molecular flexibility index (Phi) is 7.28. The maximum Gasteiger partial charge on any atom is 0.407 e. The van der Waals surface area contributed by atoms with Crippen molar-refractivity contribution in [1.29, 1.82) is 0 Å². The van der Waals surface area contributed by atoms with Gasteiger partial charge in [0.15, 0.2) is 0 Å². The number of nitrogens with one attached hydrogen (secondary N) is 2. The van der Waals surface area contributed by atoms with Crippen LogP contribution in [-0.2, 0) is 34.0 Å². The molecule has 1 aliphatic heterocycles. The summed E-state index contributed by atoms with van der Waals surface area (Å²) in [5, 5.41) is 13.4. The van der Waals surface area contributed by atoms with Gasteiger partial charge in [-0.25, -0.2) is 4.79 Å². The van der Waals surface area contributed by atoms with Gasteiger partial charge in [-0.05, 0) is 46.5 Å². The van der Waals surface area contributed by atoms with E-state index in [2.05, 4.69) is 10.6 Å². The van der Waals surface area contributed by atoms with Crippen LogP contribution in [0.15, 0.2) is 53.4 Å². The maximum atomic E-state index is 12.5. The summed E-state index contributed by atoms with van der Waals surface area (Å²) in [6.45, 7) is -1.07. The summed E-state index contributed by atoms with van der Waals surface area (Å²) >= 11 is 0. The number of alkyl carbamates (subject to hydrolysis) is 1. The second-order valence-corrected chi connectivity index (χ2v) is 9.81. The molecule has 4 amide bonds. The standard InChI is InChI=1S/C24H21N3O10S/c28-20(7-8-27-21(29)5-6-22(27)30)26-13-1-3-15-16-4-2-14(38(34,35)36)10-18(16)19(17(15)9-13)12-37-24(33)25-11-23(31)32/h1-6,9-10,19H,7-8,11-12H2,(H,25,33)(H,26,28)(H,31,32)(H,34,35,36). The number of carbonyl (C=O) groups is 5. The summed E-state index contributed by atoms with van der Waals surface area (Å²) in [7, 11) is -4.53. The molecule has 2 aromatic carbocycles. The van der Waals surface area contributed by atoms with Crippen molar-refractivity contribution >= 4 is 45.6 Å². The molecule has 4 N–H and O–H groups in total. The molecule has 13 nitrogen and oxygen atoms in total. The molecule has 0 aromatic heterocycles. The summed E-state index contributed by atoms with van der Waals surface area (Å²) < 4.78 is 38.1. The third-order valence-corrected chi connectivity index (χ3v) is 6.77. The number of hydrogen-bond acceptors (Lipinski definition) is 8. The van der Waals surface area contributed by atoms with E-state index >= 15 is 0 Å². The minimum atomic E-state index is -4.53. The molecule has 4 rings (SSSR count). The van der Waals surface area contributed by atoms with Gasteiger partial charge in [-0.15, -0.1) is 0 Å². The molecule has 198 valence electrons. The zero-order valence-electron chi connectivity index (χ0n) is 19.5. The fourth-order valence-electron chi connectivity index (χ4n) is 4.20. The lowest BCUT2D eigenvalue weighted by molar-refractivity contribution is -0.137. The summed E-state index contributed by atoms with van der Waals surface area (Å²) in [6.07, 6.45) is 1.09. The van der Waals surface area contributed by atoms with E-state index in [9.17, 15) is 36.9 Å². The van der Waals surface area contributed by atoms with Gasteiger partial charge in [-0.2, -0.15) is 8.42 Å². The van der Waals surface area contributed by atoms with Crippen LogP contribution in [0.3, 0.4) is 0 Å². The number of ether oxygens (including phenoxy) is 1. The SMILES string of the molecule is O=C(O)CNC(=O)OCC1c2cc(NC(=O)CCN3C(=O)C=CC3=O)ccc2-c2ccc(S(=O)(=O)O)cc21. The van der Waals surface area contributed by atoms with E-state index in [1.807, 2.05) is 0 Å². The summed E-state index contributed by atoms with van der Waals surface area (Å²) in [4.78, 5) is 59.0. The fraction of sp³-hybridized carbons (Fsp3) is 0.208. The molecule has 14 heteroatoms. The molecular weight excluding hydrogens is 522 g/mol. The number of hydrogen-bond donors (Lipinski definition) is 4. The van der Waals surface area contributed by atoms with Crippen LogP contribution in [0, 0.1) is 0 Å². The van der Waals surface area contributed by atoms with Crippen molar-refractivity contribution in [2.75, 3.05) is 25.0 Å². The Morgan fingerprint density at radius 2 is 1.61 bits per heavy atom. The summed E-state index contributed by atoms with van der Waals surface area (Å²) in [5.74, 6) is -3.45. The van der Waals surface area contributed by atoms with Gasteiger partial charge in [0.2, 0.25) is 5.91 Å². The highest BCUT2D eigenvalue weighted by Gasteiger charge is 2.32. The quantitative estimate of drug-likeness (QED) is 0.263. The highest BCUT2D eigenvalue weighted by atomic mass is 32.2. The molecule has 0 spiro atoms. The number of fused-ring (bicyclic) bond motifs is 3. The van der Waals surface area contributed by atoms with Crippen LogP contribution >= 0.6 is 0 Å². The molecule has 1 atom stereocenters. The van der Waals surface area contributed by atoms with Gasteiger partial charge in [0.25, 0.3) is 21.9 Å². The topological polar surface area (TPSA) is 196 Å². The summed E-state index contributed by atoms with van der Waals surface area (Å²) in [6, 6.07) is 8.87. The monoisotopic (exact) mass is 543 g/mol. The first-order valence-electron chi connectivity index (χ1n) is 11.2. The minimum Gasteiger partial charge on any atom is -0.480 e. The van der Waals surface area contributed by atoms with Crippen molar-refractivity contribution in [3.63, 3.8) is 0 Å². The smallest absolute Gasteiger partial charge is 0.407 e. The lowest BCUT2D eigenvalue weighted by Gasteiger charge is -2.16. The first-order valence-corrected chi connectivity index (χ1v) is 12.6. The van der Waals surface area contributed by atoms with Crippen LogP contribution in [0.1, 0.15) is 23.5 Å². The average molecular weight is 544 g/mol.